The lowest BCUT2D eigenvalue weighted by Gasteiger charge is -2.19. The van der Waals surface area contributed by atoms with Crippen LogP contribution in [0.3, 0.4) is 0 Å². The summed E-state index contributed by atoms with van der Waals surface area (Å²) in [6.07, 6.45) is 0. The highest BCUT2D eigenvalue weighted by Gasteiger charge is 2.28. The maximum Gasteiger partial charge on any atom is 0.255 e. The lowest BCUT2D eigenvalue weighted by molar-refractivity contribution is 0.0951. The van der Waals surface area contributed by atoms with Gasteiger partial charge < -0.3 is 10.1 Å². The van der Waals surface area contributed by atoms with Gasteiger partial charge in [0.1, 0.15) is 12.4 Å². The Labute approximate surface area is 165 Å². The van der Waals surface area contributed by atoms with Crippen LogP contribution < -0.4 is 10.1 Å². The van der Waals surface area contributed by atoms with Crippen LogP contribution in [0, 0.1) is 0 Å². The third-order valence-corrected chi connectivity index (χ3v) is 6.89. The number of hydrogen-bond donors (Lipinski definition) is 1. The molecule has 1 N–H and O–H groups in total. The number of hydrogen-bond acceptors (Lipinski definition) is 4. The minimum absolute atomic E-state index is 0.0456. The molecule has 0 fully saturated rings. The van der Waals surface area contributed by atoms with Crippen LogP contribution in [0.4, 0.5) is 0 Å². The minimum atomic E-state index is -3.29. The predicted octanol–water partition coefficient (Wildman–Crippen LogP) is 3.86. The van der Waals surface area contributed by atoms with Gasteiger partial charge in [-0.25, -0.2) is 8.42 Å². The summed E-state index contributed by atoms with van der Waals surface area (Å²) in [6.45, 7) is 5.27. The monoisotopic (exact) mass is 409 g/mol. The van der Waals surface area contributed by atoms with Gasteiger partial charge in [0, 0.05) is 11.6 Å². The van der Waals surface area contributed by atoms with Gasteiger partial charge >= 0.3 is 0 Å². The number of rotatable bonds is 7. The molecule has 2 aromatic rings. The van der Waals surface area contributed by atoms with Gasteiger partial charge in [-0.05, 0) is 50.6 Å². The van der Waals surface area contributed by atoms with E-state index in [2.05, 4.69) is 5.32 Å². The number of halogens is 1. The third-order valence-electron chi connectivity index (χ3n) is 4.03. The topological polar surface area (TPSA) is 72.5 Å². The summed E-state index contributed by atoms with van der Waals surface area (Å²) in [5, 5.41) is 3.30. The summed E-state index contributed by atoms with van der Waals surface area (Å²) in [5.74, 6) is -0.0507. The zero-order valence-corrected chi connectivity index (χ0v) is 17.2. The quantitative estimate of drug-likeness (QED) is 0.753. The van der Waals surface area contributed by atoms with Crippen LogP contribution in [-0.2, 0) is 16.4 Å². The molecule has 2 rings (SSSR count). The fraction of sp³-hybridized carbons (Fsp3) is 0.350. The number of carbonyl (C=O) groups is 1. The van der Waals surface area contributed by atoms with Gasteiger partial charge in [-0.2, -0.15) is 0 Å². The van der Waals surface area contributed by atoms with Crippen molar-refractivity contribution < 1.29 is 17.9 Å². The van der Waals surface area contributed by atoms with Crippen LogP contribution >= 0.6 is 11.6 Å². The first kappa shape index (κ1) is 21.3. The average Bonchev–Trinajstić information content (AvgIpc) is 2.60. The lowest BCUT2D eigenvalue weighted by atomic mass is 10.2. The van der Waals surface area contributed by atoms with Crippen molar-refractivity contribution in [2.45, 2.75) is 32.1 Å². The number of benzene rings is 2. The van der Waals surface area contributed by atoms with Gasteiger partial charge in [-0.3, -0.25) is 4.79 Å². The SMILES string of the molecule is CC(C)(C)S(=O)(=O)CCNC(=O)c1ccccc1OCc1ccc(Cl)cc1. The fourth-order valence-corrected chi connectivity index (χ4v) is 3.33. The second kappa shape index (κ2) is 8.76. The van der Waals surface area contributed by atoms with Crippen LogP contribution in [0.2, 0.25) is 5.02 Å². The standard InChI is InChI=1S/C20H24ClNO4S/c1-20(2,3)27(24,25)13-12-22-19(23)17-6-4-5-7-18(17)26-14-15-8-10-16(21)11-9-15/h4-11H,12-14H2,1-3H3,(H,22,23). The van der Waals surface area contributed by atoms with E-state index in [0.29, 0.717) is 22.9 Å². The van der Waals surface area contributed by atoms with E-state index in [1.54, 1.807) is 57.2 Å². The van der Waals surface area contributed by atoms with Crippen molar-refractivity contribution in [3.05, 3.63) is 64.7 Å². The molecule has 1 amide bonds. The molecule has 5 nitrogen and oxygen atoms in total. The Kier molecular flexibility index (Phi) is 6.89. The Bertz CT molecular complexity index is 887. The van der Waals surface area contributed by atoms with Crippen LogP contribution in [0.1, 0.15) is 36.7 Å². The summed E-state index contributed by atoms with van der Waals surface area (Å²) in [4.78, 5) is 12.5. The van der Waals surface area contributed by atoms with Crippen molar-refractivity contribution in [3.8, 4) is 5.75 Å². The highest BCUT2D eigenvalue weighted by molar-refractivity contribution is 7.92. The second-order valence-corrected chi connectivity index (χ2v) is 10.4. The summed E-state index contributed by atoms with van der Waals surface area (Å²) in [6, 6.07) is 14.1. The molecule has 0 aliphatic carbocycles. The van der Waals surface area contributed by atoms with Crippen LogP contribution in [0.25, 0.3) is 0 Å². The van der Waals surface area contributed by atoms with Gasteiger partial charge in [0.15, 0.2) is 9.84 Å². The van der Waals surface area contributed by atoms with E-state index in [9.17, 15) is 13.2 Å². The smallest absolute Gasteiger partial charge is 0.255 e. The largest absolute Gasteiger partial charge is 0.488 e. The first-order chi connectivity index (χ1) is 12.6. The average molecular weight is 410 g/mol. The van der Waals surface area contributed by atoms with Gasteiger partial charge in [0.2, 0.25) is 0 Å². The first-order valence-electron chi connectivity index (χ1n) is 8.57. The molecule has 0 aromatic heterocycles. The van der Waals surface area contributed by atoms with Gasteiger partial charge in [0.25, 0.3) is 5.91 Å². The molecule has 0 atom stereocenters. The molecule has 0 radical (unpaired) electrons. The van der Waals surface area contributed by atoms with Crippen molar-refractivity contribution >= 4 is 27.3 Å². The summed E-state index contributed by atoms with van der Waals surface area (Å²) in [5.41, 5.74) is 1.28. The Balaban J connectivity index is 1.99. The second-order valence-electron chi connectivity index (χ2n) is 7.10. The number of nitrogens with one attached hydrogen (secondary N) is 1. The van der Waals surface area contributed by atoms with Crippen molar-refractivity contribution in [1.82, 2.24) is 5.32 Å². The molecule has 27 heavy (non-hydrogen) atoms. The minimum Gasteiger partial charge on any atom is -0.488 e. The molecular weight excluding hydrogens is 386 g/mol. The van der Waals surface area contributed by atoms with E-state index in [1.165, 1.54) is 0 Å². The van der Waals surface area contributed by atoms with E-state index in [0.717, 1.165) is 5.56 Å². The van der Waals surface area contributed by atoms with Crippen molar-refractivity contribution in [3.63, 3.8) is 0 Å². The number of sulfone groups is 1. The zero-order chi connectivity index (χ0) is 20.1. The maximum atomic E-state index is 12.5. The van der Waals surface area contributed by atoms with Crippen LogP contribution in [-0.4, -0.2) is 31.4 Å². The van der Waals surface area contributed by atoms with E-state index in [4.69, 9.17) is 16.3 Å². The summed E-state index contributed by atoms with van der Waals surface area (Å²) >= 11 is 5.87. The van der Waals surface area contributed by atoms with Crippen molar-refractivity contribution in [2.75, 3.05) is 12.3 Å². The third kappa shape index (κ3) is 5.97. The Hall–Kier alpha value is -2.05. The molecule has 0 heterocycles. The number of carbonyl (C=O) groups excluding carboxylic acids is 1. The number of amides is 1. The highest BCUT2D eigenvalue weighted by Crippen LogP contribution is 2.20. The van der Waals surface area contributed by atoms with Crippen molar-refractivity contribution in [1.29, 1.82) is 0 Å². The Morgan fingerprint density at radius 3 is 2.33 bits per heavy atom. The molecule has 2 aromatic carbocycles. The van der Waals surface area contributed by atoms with E-state index >= 15 is 0 Å². The molecule has 0 unspecified atom stereocenters. The summed E-state index contributed by atoms with van der Waals surface area (Å²) in [7, 11) is -3.29. The fourth-order valence-electron chi connectivity index (χ4n) is 2.22. The van der Waals surface area contributed by atoms with Gasteiger partial charge in [0.05, 0.1) is 16.1 Å². The summed E-state index contributed by atoms with van der Waals surface area (Å²) < 4.78 is 29.2. The zero-order valence-electron chi connectivity index (χ0n) is 15.7. The van der Waals surface area contributed by atoms with Gasteiger partial charge in [-0.15, -0.1) is 0 Å². The molecule has 0 saturated heterocycles. The Morgan fingerprint density at radius 1 is 1.07 bits per heavy atom. The van der Waals surface area contributed by atoms with Crippen molar-refractivity contribution in [2.24, 2.45) is 0 Å². The lowest BCUT2D eigenvalue weighted by Crippen LogP contribution is -2.36. The van der Waals surface area contributed by atoms with E-state index < -0.39 is 14.6 Å². The Morgan fingerprint density at radius 2 is 1.70 bits per heavy atom. The molecule has 7 heteroatoms. The first-order valence-corrected chi connectivity index (χ1v) is 10.6. The molecular formula is C20H24ClNO4S. The molecule has 146 valence electrons. The molecule has 0 aliphatic rings. The van der Waals surface area contributed by atoms with Crippen LogP contribution in [0.15, 0.2) is 48.5 Å². The number of para-hydroxylation sites is 1. The van der Waals surface area contributed by atoms with Gasteiger partial charge in [-0.1, -0.05) is 35.9 Å². The molecule has 0 bridgehead atoms. The van der Waals surface area contributed by atoms with E-state index in [1.807, 2.05) is 12.1 Å². The highest BCUT2D eigenvalue weighted by atomic mass is 35.5. The van der Waals surface area contributed by atoms with E-state index in [-0.39, 0.29) is 18.2 Å². The molecule has 0 aliphatic heterocycles. The normalized spacial score (nSPS) is 11.9. The number of ether oxygens (including phenoxy) is 1. The predicted molar refractivity (Wildman–Crippen MR) is 108 cm³/mol. The molecule has 0 spiro atoms. The maximum absolute atomic E-state index is 12.5. The van der Waals surface area contributed by atoms with Crippen LogP contribution in [0.5, 0.6) is 5.75 Å². The molecule has 0 saturated carbocycles.